The predicted octanol–water partition coefficient (Wildman–Crippen LogP) is 4.40. The highest BCUT2D eigenvalue weighted by Crippen LogP contribution is 2.18. The highest BCUT2D eigenvalue weighted by Gasteiger charge is 2.20. The molecule has 0 unspecified atom stereocenters. The third kappa shape index (κ3) is 5.48. The van der Waals surface area contributed by atoms with Gasteiger partial charge in [-0.15, -0.1) is 0 Å². The van der Waals surface area contributed by atoms with Gasteiger partial charge in [0.05, 0.1) is 4.90 Å². The lowest BCUT2D eigenvalue weighted by Crippen LogP contribution is -2.26. The second-order valence-corrected chi connectivity index (χ2v) is 9.56. The van der Waals surface area contributed by atoms with Crippen molar-refractivity contribution in [1.29, 1.82) is 0 Å². The summed E-state index contributed by atoms with van der Waals surface area (Å²) in [6.45, 7) is 2.52. The van der Waals surface area contributed by atoms with E-state index in [1.165, 1.54) is 4.31 Å². The molecule has 156 valence electrons. The molecule has 1 amide bonds. The molecule has 3 aromatic carbocycles. The second kappa shape index (κ2) is 9.43. The van der Waals surface area contributed by atoms with E-state index in [9.17, 15) is 13.2 Å². The van der Waals surface area contributed by atoms with Crippen molar-refractivity contribution in [3.63, 3.8) is 0 Å². The van der Waals surface area contributed by atoms with Gasteiger partial charge in [0.15, 0.2) is 0 Å². The maximum Gasteiger partial charge on any atom is 0.251 e. The SMILES string of the molecule is Cc1ccc(S(=O)(=O)N(C)Cc2ccc(C(=O)NCc3ccc(Cl)cc3)cc2)cc1. The van der Waals surface area contributed by atoms with E-state index in [0.29, 0.717) is 17.1 Å². The largest absolute Gasteiger partial charge is 0.348 e. The Labute approximate surface area is 182 Å². The van der Waals surface area contributed by atoms with E-state index < -0.39 is 10.0 Å². The molecule has 0 saturated heterocycles. The summed E-state index contributed by atoms with van der Waals surface area (Å²) in [4.78, 5) is 12.6. The van der Waals surface area contributed by atoms with E-state index in [-0.39, 0.29) is 17.3 Å². The Bertz CT molecular complexity index is 1110. The smallest absolute Gasteiger partial charge is 0.251 e. The van der Waals surface area contributed by atoms with Crippen LogP contribution in [0.25, 0.3) is 0 Å². The molecule has 0 atom stereocenters. The lowest BCUT2D eigenvalue weighted by atomic mass is 10.1. The standard InChI is InChI=1S/C23H23ClN2O3S/c1-17-3-13-22(14-4-17)30(28,29)26(2)16-19-5-9-20(10-6-19)23(27)25-15-18-7-11-21(24)12-8-18/h3-14H,15-16H2,1-2H3,(H,25,27). The van der Waals surface area contributed by atoms with Crippen LogP contribution in [-0.2, 0) is 23.1 Å². The molecular weight excluding hydrogens is 420 g/mol. The van der Waals surface area contributed by atoms with Gasteiger partial charge in [0, 0.05) is 30.7 Å². The number of amides is 1. The molecule has 5 nitrogen and oxygen atoms in total. The first-order valence-corrected chi connectivity index (χ1v) is 11.2. The molecule has 0 heterocycles. The van der Waals surface area contributed by atoms with Gasteiger partial charge in [0.2, 0.25) is 10.0 Å². The number of nitrogens with zero attached hydrogens (tertiary/aromatic N) is 1. The molecule has 0 saturated carbocycles. The fourth-order valence-corrected chi connectivity index (χ4v) is 4.17. The molecule has 0 bridgehead atoms. The van der Waals surface area contributed by atoms with Crippen LogP contribution < -0.4 is 5.32 Å². The number of aryl methyl sites for hydroxylation is 1. The van der Waals surface area contributed by atoms with Gasteiger partial charge in [-0.1, -0.05) is 53.6 Å². The molecule has 3 rings (SSSR count). The van der Waals surface area contributed by atoms with E-state index in [1.54, 1.807) is 67.7 Å². The number of rotatable bonds is 7. The normalized spacial score (nSPS) is 11.5. The van der Waals surface area contributed by atoms with Crippen LogP contribution in [0.4, 0.5) is 0 Å². The lowest BCUT2D eigenvalue weighted by Gasteiger charge is -2.17. The number of hydrogen-bond donors (Lipinski definition) is 1. The predicted molar refractivity (Wildman–Crippen MR) is 119 cm³/mol. The quantitative estimate of drug-likeness (QED) is 0.589. The topological polar surface area (TPSA) is 66.5 Å². The van der Waals surface area contributed by atoms with Crippen molar-refractivity contribution in [3.8, 4) is 0 Å². The van der Waals surface area contributed by atoms with Crippen molar-refractivity contribution in [3.05, 3.63) is 100 Å². The molecule has 1 N–H and O–H groups in total. The Balaban J connectivity index is 1.61. The molecule has 30 heavy (non-hydrogen) atoms. The fraction of sp³-hybridized carbons (Fsp3) is 0.174. The first-order chi connectivity index (χ1) is 14.3. The number of benzene rings is 3. The van der Waals surface area contributed by atoms with Crippen LogP contribution in [0.5, 0.6) is 0 Å². The van der Waals surface area contributed by atoms with Crippen molar-refractivity contribution in [2.45, 2.75) is 24.9 Å². The van der Waals surface area contributed by atoms with E-state index in [4.69, 9.17) is 11.6 Å². The Hall–Kier alpha value is -2.67. The molecule has 0 aromatic heterocycles. The zero-order chi connectivity index (χ0) is 21.7. The lowest BCUT2D eigenvalue weighted by molar-refractivity contribution is 0.0951. The number of carbonyl (C=O) groups is 1. The maximum absolute atomic E-state index is 12.7. The summed E-state index contributed by atoms with van der Waals surface area (Å²) >= 11 is 5.86. The van der Waals surface area contributed by atoms with Gasteiger partial charge in [0.1, 0.15) is 0 Å². The van der Waals surface area contributed by atoms with Crippen molar-refractivity contribution >= 4 is 27.5 Å². The monoisotopic (exact) mass is 442 g/mol. The van der Waals surface area contributed by atoms with E-state index in [2.05, 4.69) is 5.32 Å². The summed E-state index contributed by atoms with van der Waals surface area (Å²) in [5.41, 5.74) is 3.26. The van der Waals surface area contributed by atoms with Gasteiger partial charge in [0.25, 0.3) is 5.91 Å². The van der Waals surface area contributed by atoms with Crippen LogP contribution in [-0.4, -0.2) is 25.7 Å². The number of nitrogens with one attached hydrogen (secondary N) is 1. The zero-order valence-electron chi connectivity index (χ0n) is 16.8. The minimum Gasteiger partial charge on any atom is -0.348 e. The first-order valence-electron chi connectivity index (χ1n) is 9.40. The van der Waals surface area contributed by atoms with Crippen LogP contribution in [0.15, 0.2) is 77.7 Å². The minimum absolute atomic E-state index is 0.197. The fourth-order valence-electron chi connectivity index (χ4n) is 2.88. The van der Waals surface area contributed by atoms with Gasteiger partial charge in [-0.3, -0.25) is 4.79 Å². The van der Waals surface area contributed by atoms with E-state index >= 15 is 0 Å². The number of hydrogen-bond acceptors (Lipinski definition) is 3. The summed E-state index contributed by atoms with van der Waals surface area (Å²) in [7, 11) is -2.03. The Morgan fingerprint density at radius 3 is 2.07 bits per heavy atom. The highest BCUT2D eigenvalue weighted by molar-refractivity contribution is 7.89. The van der Waals surface area contributed by atoms with Gasteiger partial charge in [-0.25, -0.2) is 8.42 Å². The number of halogens is 1. The molecule has 0 spiro atoms. The zero-order valence-corrected chi connectivity index (χ0v) is 18.4. The van der Waals surface area contributed by atoms with Crippen molar-refractivity contribution in [2.75, 3.05) is 7.05 Å². The summed E-state index contributed by atoms with van der Waals surface area (Å²) in [5.74, 6) is -0.197. The maximum atomic E-state index is 12.7. The summed E-state index contributed by atoms with van der Waals surface area (Å²) in [6.07, 6.45) is 0. The average molecular weight is 443 g/mol. The van der Waals surface area contributed by atoms with Crippen molar-refractivity contribution in [1.82, 2.24) is 9.62 Å². The van der Waals surface area contributed by atoms with Crippen LogP contribution in [0.2, 0.25) is 5.02 Å². The Kier molecular flexibility index (Phi) is 6.92. The highest BCUT2D eigenvalue weighted by atomic mass is 35.5. The van der Waals surface area contributed by atoms with E-state index in [0.717, 1.165) is 16.7 Å². The Morgan fingerprint density at radius 1 is 0.900 bits per heavy atom. The second-order valence-electron chi connectivity index (χ2n) is 7.08. The third-order valence-electron chi connectivity index (χ3n) is 4.72. The average Bonchev–Trinajstić information content (AvgIpc) is 2.74. The van der Waals surface area contributed by atoms with Gasteiger partial charge < -0.3 is 5.32 Å². The minimum atomic E-state index is -3.58. The summed E-state index contributed by atoms with van der Waals surface area (Å²) in [5, 5.41) is 3.51. The summed E-state index contributed by atoms with van der Waals surface area (Å²) < 4.78 is 26.7. The van der Waals surface area contributed by atoms with Crippen LogP contribution in [0.3, 0.4) is 0 Å². The molecule has 0 radical (unpaired) electrons. The molecule has 7 heteroatoms. The van der Waals surface area contributed by atoms with Crippen molar-refractivity contribution in [2.24, 2.45) is 0 Å². The number of sulfonamides is 1. The van der Waals surface area contributed by atoms with Crippen LogP contribution in [0.1, 0.15) is 27.0 Å². The summed E-state index contributed by atoms with van der Waals surface area (Å²) in [6, 6.07) is 20.9. The van der Waals surface area contributed by atoms with Gasteiger partial charge in [-0.2, -0.15) is 4.31 Å². The Morgan fingerprint density at radius 2 is 1.47 bits per heavy atom. The molecule has 0 fully saturated rings. The molecule has 0 aliphatic rings. The first kappa shape index (κ1) is 22.0. The molecule has 3 aromatic rings. The number of carbonyl (C=O) groups excluding carboxylic acids is 1. The van der Waals surface area contributed by atoms with Crippen LogP contribution in [0, 0.1) is 6.92 Å². The third-order valence-corrected chi connectivity index (χ3v) is 6.79. The van der Waals surface area contributed by atoms with Crippen molar-refractivity contribution < 1.29 is 13.2 Å². The molecule has 0 aliphatic heterocycles. The molecular formula is C23H23ClN2O3S. The van der Waals surface area contributed by atoms with Gasteiger partial charge in [-0.05, 0) is 54.4 Å². The van der Waals surface area contributed by atoms with Crippen LogP contribution >= 0.6 is 11.6 Å². The molecule has 0 aliphatic carbocycles. The van der Waals surface area contributed by atoms with Gasteiger partial charge >= 0.3 is 0 Å². The van der Waals surface area contributed by atoms with E-state index in [1.807, 2.05) is 19.1 Å².